The van der Waals surface area contributed by atoms with E-state index in [1.165, 1.54) is 12.8 Å². The van der Waals surface area contributed by atoms with Crippen LogP contribution in [0.25, 0.3) is 0 Å². The normalized spacial score (nSPS) is 13.4. The Labute approximate surface area is 71.0 Å². The van der Waals surface area contributed by atoms with Crippen LogP contribution >= 0.6 is 0 Å². The van der Waals surface area contributed by atoms with Gasteiger partial charge in [0.1, 0.15) is 0 Å². The average molecular weight is 152 g/mol. The van der Waals surface area contributed by atoms with E-state index in [1.807, 2.05) is 0 Å². The van der Waals surface area contributed by atoms with Crippen molar-refractivity contribution in [2.24, 2.45) is 5.92 Å². The molecule has 0 atom stereocenters. The zero-order valence-electron chi connectivity index (χ0n) is 8.22. The number of allylic oxidation sites excluding steroid dienone is 4. The Hall–Kier alpha value is -0.520. The van der Waals surface area contributed by atoms with Crippen LogP contribution in [0.4, 0.5) is 0 Å². The van der Waals surface area contributed by atoms with Crippen molar-refractivity contribution in [3.05, 3.63) is 23.8 Å². The van der Waals surface area contributed by atoms with Crippen LogP contribution in [0, 0.1) is 5.92 Å². The summed E-state index contributed by atoms with van der Waals surface area (Å²) in [7, 11) is 0. The SMILES string of the molecule is C/C=C\CC/C(=C\C)C(C)C. The van der Waals surface area contributed by atoms with Crippen LogP contribution in [0.5, 0.6) is 0 Å². The van der Waals surface area contributed by atoms with E-state index in [0.29, 0.717) is 5.92 Å². The zero-order valence-corrected chi connectivity index (χ0v) is 8.22. The van der Waals surface area contributed by atoms with Gasteiger partial charge in [-0.1, -0.05) is 37.6 Å². The minimum Gasteiger partial charge on any atom is -0.0917 e. The van der Waals surface area contributed by atoms with Crippen molar-refractivity contribution in [1.82, 2.24) is 0 Å². The molecule has 0 radical (unpaired) electrons. The minimum absolute atomic E-state index is 0.713. The predicted octanol–water partition coefficient (Wildman–Crippen LogP) is 3.95. The van der Waals surface area contributed by atoms with Crippen molar-refractivity contribution < 1.29 is 0 Å². The van der Waals surface area contributed by atoms with Crippen LogP contribution in [-0.2, 0) is 0 Å². The summed E-state index contributed by atoms with van der Waals surface area (Å²) in [5, 5.41) is 0. The third-order valence-corrected chi connectivity index (χ3v) is 1.95. The van der Waals surface area contributed by atoms with Gasteiger partial charge < -0.3 is 0 Å². The van der Waals surface area contributed by atoms with Gasteiger partial charge in [0.05, 0.1) is 0 Å². The molecule has 64 valence electrons. The lowest BCUT2D eigenvalue weighted by Gasteiger charge is -2.08. The van der Waals surface area contributed by atoms with Gasteiger partial charge in [-0.25, -0.2) is 0 Å². The number of hydrogen-bond acceptors (Lipinski definition) is 0. The lowest BCUT2D eigenvalue weighted by Crippen LogP contribution is -1.92. The monoisotopic (exact) mass is 152 g/mol. The van der Waals surface area contributed by atoms with E-state index >= 15 is 0 Å². The molecule has 0 spiro atoms. The fourth-order valence-electron chi connectivity index (χ4n) is 1.18. The standard InChI is InChI=1S/C11H20/c1-5-7-8-9-11(6-2)10(3)4/h5-7,10H,8-9H2,1-4H3/b7-5-,11-6+. The highest BCUT2D eigenvalue weighted by Crippen LogP contribution is 2.15. The summed E-state index contributed by atoms with van der Waals surface area (Å²) in [6.07, 6.45) is 9.00. The molecule has 0 saturated heterocycles. The third kappa shape index (κ3) is 4.83. The van der Waals surface area contributed by atoms with E-state index in [0.717, 1.165) is 0 Å². The molecule has 0 heteroatoms. The maximum absolute atomic E-state index is 2.25. The van der Waals surface area contributed by atoms with Crippen molar-refractivity contribution in [3.63, 3.8) is 0 Å². The molecule has 11 heavy (non-hydrogen) atoms. The van der Waals surface area contributed by atoms with Crippen molar-refractivity contribution in [2.75, 3.05) is 0 Å². The molecule has 0 unspecified atom stereocenters. The second-order valence-electron chi connectivity index (χ2n) is 3.13. The topological polar surface area (TPSA) is 0 Å². The summed E-state index contributed by atoms with van der Waals surface area (Å²) < 4.78 is 0. The Morgan fingerprint density at radius 3 is 2.27 bits per heavy atom. The van der Waals surface area contributed by atoms with E-state index in [9.17, 15) is 0 Å². The summed E-state index contributed by atoms with van der Waals surface area (Å²) in [6, 6.07) is 0. The van der Waals surface area contributed by atoms with Gasteiger partial charge in [0.25, 0.3) is 0 Å². The van der Waals surface area contributed by atoms with Crippen LogP contribution in [0.1, 0.15) is 40.5 Å². The first kappa shape index (κ1) is 10.5. The van der Waals surface area contributed by atoms with Crippen LogP contribution in [-0.4, -0.2) is 0 Å². The van der Waals surface area contributed by atoms with E-state index in [4.69, 9.17) is 0 Å². The number of rotatable bonds is 4. The molecule has 0 nitrogen and oxygen atoms in total. The molecule has 0 amide bonds. The molecular weight excluding hydrogens is 132 g/mol. The van der Waals surface area contributed by atoms with Gasteiger partial charge in [0, 0.05) is 0 Å². The van der Waals surface area contributed by atoms with Gasteiger partial charge in [0.15, 0.2) is 0 Å². The van der Waals surface area contributed by atoms with Gasteiger partial charge in [-0.05, 0) is 32.6 Å². The van der Waals surface area contributed by atoms with Crippen molar-refractivity contribution >= 4 is 0 Å². The molecular formula is C11H20. The quantitative estimate of drug-likeness (QED) is 0.535. The Balaban J connectivity index is 3.72. The average Bonchev–Trinajstić information content (AvgIpc) is 1.97. The smallest absolute Gasteiger partial charge is 0.0260 e. The van der Waals surface area contributed by atoms with Crippen molar-refractivity contribution in [3.8, 4) is 0 Å². The molecule has 0 heterocycles. The van der Waals surface area contributed by atoms with Gasteiger partial charge >= 0.3 is 0 Å². The molecule has 0 rings (SSSR count). The third-order valence-electron chi connectivity index (χ3n) is 1.95. The van der Waals surface area contributed by atoms with Crippen LogP contribution in [0.2, 0.25) is 0 Å². The van der Waals surface area contributed by atoms with E-state index in [1.54, 1.807) is 5.57 Å². The molecule has 0 aliphatic rings. The maximum atomic E-state index is 2.25. The molecule has 0 aromatic rings. The molecule has 0 bridgehead atoms. The van der Waals surface area contributed by atoms with Gasteiger partial charge in [-0.2, -0.15) is 0 Å². The summed E-state index contributed by atoms with van der Waals surface area (Å²) >= 11 is 0. The van der Waals surface area contributed by atoms with Crippen LogP contribution in [0.3, 0.4) is 0 Å². The minimum atomic E-state index is 0.713. The Bertz CT molecular complexity index is 138. The fourth-order valence-corrected chi connectivity index (χ4v) is 1.18. The molecule has 0 aliphatic heterocycles. The number of hydrogen-bond donors (Lipinski definition) is 0. The second-order valence-corrected chi connectivity index (χ2v) is 3.13. The van der Waals surface area contributed by atoms with Crippen molar-refractivity contribution in [1.29, 1.82) is 0 Å². The first-order valence-electron chi connectivity index (χ1n) is 4.48. The van der Waals surface area contributed by atoms with Crippen LogP contribution in [0.15, 0.2) is 23.8 Å². The predicted molar refractivity (Wildman–Crippen MR) is 52.6 cm³/mol. The fraction of sp³-hybridized carbons (Fsp3) is 0.636. The van der Waals surface area contributed by atoms with E-state index < -0.39 is 0 Å². The highest BCUT2D eigenvalue weighted by molar-refractivity contribution is 5.04. The zero-order chi connectivity index (χ0) is 8.69. The van der Waals surface area contributed by atoms with Gasteiger partial charge in [-0.3, -0.25) is 0 Å². The summed E-state index contributed by atoms with van der Waals surface area (Å²) in [4.78, 5) is 0. The largest absolute Gasteiger partial charge is 0.0917 e. The summed E-state index contributed by atoms with van der Waals surface area (Å²) in [5.41, 5.74) is 1.57. The van der Waals surface area contributed by atoms with E-state index in [2.05, 4.69) is 45.9 Å². The Kier molecular flexibility index (Phi) is 5.91. The summed E-state index contributed by atoms with van der Waals surface area (Å²) in [6.45, 7) is 8.71. The lowest BCUT2D eigenvalue weighted by molar-refractivity contribution is 0.712. The molecule has 0 fully saturated rings. The first-order chi connectivity index (χ1) is 5.22. The first-order valence-corrected chi connectivity index (χ1v) is 4.48. The Morgan fingerprint density at radius 1 is 1.27 bits per heavy atom. The Morgan fingerprint density at radius 2 is 1.91 bits per heavy atom. The highest BCUT2D eigenvalue weighted by atomic mass is 14.0. The maximum Gasteiger partial charge on any atom is -0.0260 e. The van der Waals surface area contributed by atoms with Crippen LogP contribution < -0.4 is 0 Å². The van der Waals surface area contributed by atoms with Gasteiger partial charge in [-0.15, -0.1) is 0 Å². The molecule has 0 N–H and O–H groups in total. The molecule has 0 saturated carbocycles. The molecule has 0 aromatic carbocycles. The lowest BCUT2D eigenvalue weighted by atomic mass is 9.98. The second kappa shape index (κ2) is 6.21. The highest BCUT2D eigenvalue weighted by Gasteiger charge is 1.99. The van der Waals surface area contributed by atoms with E-state index in [-0.39, 0.29) is 0 Å². The van der Waals surface area contributed by atoms with Crippen molar-refractivity contribution in [2.45, 2.75) is 40.5 Å². The molecule has 0 aliphatic carbocycles. The molecule has 0 aromatic heterocycles. The van der Waals surface area contributed by atoms with Gasteiger partial charge in [0.2, 0.25) is 0 Å². The summed E-state index contributed by atoms with van der Waals surface area (Å²) in [5.74, 6) is 0.713.